The summed E-state index contributed by atoms with van der Waals surface area (Å²) in [7, 11) is 0. The molecule has 2 rings (SSSR count). The highest BCUT2D eigenvalue weighted by molar-refractivity contribution is 9.10. The standard InChI is InChI=1S/C11H11BrFN3/c1-7-8(6-15-16-7)5-14-9-2-3-10(12)11(13)4-9/h2-4,6,14H,5H2,1H3,(H,15,16). The average Bonchev–Trinajstić information content (AvgIpc) is 2.66. The molecule has 84 valence electrons. The zero-order chi connectivity index (χ0) is 11.5. The number of nitrogens with one attached hydrogen (secondary N) is 2. The van der Waals surface area contributed by atoms with Crippen molar-refractivity contribution in [3.05, 3.63) is 45.9 Å². The van der Waals surface area contributed by atoms with Crippen molar-refractivity contribution in [2.24, 2.45) is 0 Å². The number of hydrogen-bond acceptors (Lipinski definition) is 2. The van der Waals surface area contributed by atoms with Gasteiger partial charge in [-0.25, -0.2) is 4.39 Å². The number of rotatable bonds is 3. The van der Waals surface area contributed by atoms with Crippen LogP contribution in [-0.2, 0) is 6.54 Å². The van der Waals surface area contributed by atoms with Crippen LogP contribution in [0.3, 0.4) is 0 Å². The van der Waals surface area contributed by atoms with E-state index < -0.39 is 0 Å². The molecule has 0 spiro atoms. The Hall–Kier alpha value is -1.36. The van der Waals surface area contributed by atoms with Gasteiger partial charge in [-0.05, 0) is 41.1 Å². The molecule has 16 heavy (non-hydrogen) atoms. The molecule has 0 amide bonds. The maximum absolute atomic E-state index is 13.2. The van der Waals surface area contributed by atoms with Crippen LogP contribution in [0.1, 0.15) is 11.3 Å². The van der Waals surface area contributed by atoms with Crippen LogP contribution in [0.15, 0.2) is 28.9 Å². The van der Waals surface area contributed by atoms with E-state index in [2.05, 4.69) is 31.4 Å². The molecule has 2 aromatic rings. The number of H-pyrrole nitrogens is 1. The lowest BCUT2D eigenvalue weighted by Gasteiger charge is -2.06. The van der Waals surface area contributed by atoms with Crippen LogP contribution < -0.4 is 5.32 Å². The van der Waals surface area contributed by atoms with E-state index in [1.54, 1.807) is 12.3 Å². The molecule has 0 bridgehead atoms. The lowest BCUT2D eigenvalue weighted by molar-refractivity contribution is 0.621. The van der Waals surface area contributed by atoms with Crippen LogP contribution in [0, 0.1) is 12.7 Å². The Morgan fingerprint density at radius 1 is 1.50 bits per heavy atom. The first-order valence-electron chi connectivity index (χ1n) is 4.84. The van der Waals surface area contributed by atoms with Gasteiger partial charge in [-0.2, -0.15) is 5.10 Å². The molecule has 0 fully saturated rings. The predicted octanol–water partition coefficient (Wildman–Crippen LogP) is 3.23. The van der Waals surface area contributed by atoms with Gasteiger partial charge in [0.05, 0.1) is 10.7 Å². The normalized spacial score (nSPS) is 10.4. The Labute approximate surface area is 101 Å². The molecule has 1 aromatic heterocycles. The number of aromatic nitrogens is 2. The summed E-state index contributed by atoms with van der Waals surface area (Å²) in [5.74, 6) is -0.270. The highest BCUT2D eigenvalue weighted by Gasteiger charge is 2.02. The van der Waals surface area contributed by atoms with Gasteiger partial charge in [-0.3, -0.25) is 5.10 Å². The van der Waals surface area contributed by atoms with Crippen molar-refractivity contribution in [2.75, 3.05) is 5.32 Å². The van der Waals surface area contributed by atoms with Crippen molar-refractivity contribution in [3.8, 4) is 0 Å². The van der Waals surface area contributed by atoms with Gasteiger partial charge in [-0.15, -0.1) is 0 Å². The summed E-state index contributed by atoms with van der Waals surface area (Å²) in [5, 5.41) is 9.91. The Morgan fingerprint density at radius 2 is 2.31 bits per heavy atom. The Bertz CT molecular complexity index is 496. The summed E-state index contributed by atoms with van der Waals surface area (Å²) in [6.07, 6.45) is 1.76. The number of aryl methyl sites for hydroxylation is 1. The zero-order valence-electron chi connectivity index (χ0n) is 8.72. The van der Waals surface area contributed by atoms with E-state index in [0.29, 0.717) is 11.0 Å². The van der Waals surface area contributed by atoms with E-state index in [4.69, 9.17) is 0 Å². The third-order valence-corrected chi connectivity index (χ3v) is 2.98. The van der Waals surface area contributed by atoms with Gasteiger partial charge in [-0.1, -0.05) is 0 Å². The lowest BCUT2D eigenvalue weighted by Crippen LogP contribution is -2.00. The second-order valence-corrected chi connectivity index (χ2v) is 4.36. The molecule has 0 atom stereocenters. The predicted molar refractivity (Wildman–Crippen MR) is 64.8 cm³/mol. The van der Waals surface area contributed by atoms with Crippen LogP contribution in [0.4, 0.5) is 10.1 Å². The van der Waals surface area contributed by atoms with E-state index >= 15 is 0 Å². The molecular formula is C11H11BrFN3. The highest BCUT2D eigenvalue weighted by Crippen LogP contribution is 2.19. The van der Waals surface area contributed by atoms with E-state index in [9.17, 15) is 4.39 Å². The number of halogens is 2. The van der Waals surface area contributed by atoms with Gasteiger partial charge in [0.2, 0.25) is 0 Å². The smallest absolute Gasteiger partial charge is 0.139 e. The second-order valence-electron chi connectivity index (χ2n) is 3.50. The van der Waals surface area contributed by atoms with Gasteiger partial charge in [0.15, 0.2) is 0 Å². The Morgan fingerprint density at radius 3 is 2.94 bits per heavy atom. The fourth-order valence-electron chi connectivity index (χ4n) is 1.36. The molecule has 1 aromatic carbocycles. The molecule has 0 unspecified atom stereocenters. The molecule has 0 aliphatic carbocycles. The quantitative estimate of drug-likeness (QED) is 0.908. The molecule has 0 saturated carbocycles. The van der Waals surface area contributed by atoms with Crippen molar-refractivity contribution in [3.63, 3.8) is 0 Å². The third kappa shape index (κ3) is 2.41. The second kappa shape index (κ2) is 4.65. The summed E-state index contributed by atoms with van der Waals surface area (Å²) < 4.78 is 13.7. The minimum Gasteiger partial charge on any atom is -0.381 e. The minimum atomic E-state index is -0.270. The molecule has 0 radical (unpaired) electrons. The number of benzene rings is 1. The average molecular weight is 284 g/mol. The van der Waals surface area contributed by atoms with Crippen LogP contribution in [-0.4, -0.2) is 10.2 Å². The van der Waals surface area contributed by atoms with Crippen molar-refractivity contribution < 1.29 is 4.39 Å². The first kappa shape index (κ1) is 11.1. The van der Waals surface area contributed by atoms with Crippen molar-refractivity contribution in [1.29, 1.82) is 0 Å². The Kier molecular flexibility index (Phi) is 3.24. The van der Waals surface area contributed by atoms with Crippen LogP contribution in [0.25, 0.3) is 0 Å². The summed E-state index contributed by atoms with van der Waals surface area (Å²) in [6.45, 7) is 2.58. The topological polar surface area (TPSA) is 40.7 Å². The van der Waals surface area contributed by atoms with Crippen molar-refractivity contribution in [1.82, 2.24) is 10.2 Å². The fraction of sp³-hybridized carbons (Fsp3) is 0.182. The number of anilines is 1. The number of hydrogen-bond donors (Lipinski definition) is 2. The monoisotopic (exact) mass is 283 g/mol. The first-order chi connectivity index (χ1) is 7.66. The van der Waals surface area contributed by atoms with Crippen molar-refractivity contribution >= 4 is 21.6 Å². The van der Waals surface area contributed by atoms with Gasteiger partial charge < -0.3 is 5.32 Å². The lowest BCUT2D eigenvalue weighted by atomic mass is 10.2. The van der Waals surface area contributed by atoms with E-state index in [1.807, 2.05) is 13.0 Å². The van der Waals surface area contributed by atoms with Crippen LogP contribution in [0.5, 0.6) is 0 Å². The summed E-state index contributed by atoms with van der Waals surface area (Å²) >= 11 is 3.11. The molecule has 5 heteroatoms. The molecule has 0 aliphatic heterocycles. The van der Waals surface area contributed by atoms with E-state index in [0.717, 1.165) is 16.9 Å². The maximum Gasteiger partial charge on any atom is 0.139 e. The third-order valence-electron chi connectivity index (χ3n) is 2.34. The molecule has 0 saturated heterocycles. The fourth-order valence-corrected chi connectivity index (χ4v) is 1.60. The zero-order valence-corrected chi connectivity index (χ0v) is 10.3. The number of aromatic amines is 1. The van der Waals surface area contributed by atoms with E-state index in [-0.39, 0.29) is 5.82 Å². The molecule has 3 nitrogen and oxygen atoms in total. The van der Waals surface area contributed by atoms with Gasteiger partial charge in [0, 0.05) is 23.5 Å². The van der Waals surface area contributed by atoms with Gasteiger partial charge in [0.1, 0.15) is 5.82 Å². The van der Waals surface area contributed by atoms with Gasteiger partial charge >= 0.3 is 0 Å². The maximum atomic E-state index is 13.2. The summed E-state index contributed by atoms with van der Waals surface area (Å²) in [6, 6.07) is 4.96. The number of nitrogens with zero attached hydrogens (tertiary/aromatic N) is 1. The molecular weight excluding hydrogens is 273 g/mol. The summed E-state index contributed by atoms with van der Waals surface area (Å²) in [4.78, 5) is 0. The molecule has 0 aliphatic rings. The minimum absolute atomic E-state index is 0.270. The largest absolute Gasteiger partial charge is 0.381 e. The van der Waals surface area contributed by atoms with Crippen LogP contribution in [0.2, 0.25) is 0 Å². The Balaban J connectivity index is 2.05. The van der Waals surface area contributed by atoms with Crippen LogP contribution >= 0.6 is 15.9 Å². The van der Waals surface area contributed by atoms with Gasteiger partial charge in [0.25, 0.3) is 0 Å². The summed E-state index contributed by atoms with van der Waals surface area (Å²) in [5.41, 5.74) is 2.84. The molecule has 1 heterocycles. The van der Waals surface area contributed by atoms with E-state index in [1.165, 1.54) is 6.07 Å². The van der Waals surface area contributed by atoms with Crippen molar-refractivity contribution in [2.45, 2.75) is 13.5 Å². The SMILES string of the molecule is Cc1[nH]ncc1CNc1ccc(Br)c(F)c1. The first-order valence-corrected chi connectivity index (χ1v) is 5.64. The highest BCUT2D eigenvalue weighted by atomic mass is 79.9. The molecule has 2 N–H and O–H groups in total.